The Bertz CT molecular complexity index is 3750. The van der Waals surface area contributed by atoms with E-state index in [1.54, 1.807) is 0 Å². The van der Waals surface area contributed by atoms with E-state index in [4.69, 9.17) is 4.74 Å². The number of rotatable bonds is 36. The molecule has 111 heavy (non-hydrogen) atoms. The van der Waals surface area contributed by atoms with Crippen LogP contribution in [0, 0.1) is 0 Å². The Hall–Kier alpha value is -7.30. The fourth-order valence-corrected chi connectivity index (χ4v) is 9.01. The highest BCUT2D eigenvalue weighted by Gasteiger charge is 2.98. The Balaban J connectivity index is 1.94. The number of benzene rings is 4. The summed E-state index contributed by atoms with van der Waals surface area (Å²) in [6.07, 6.45) is -43.1. The third kappa shape index (κ3) is 14.9. The minimum Gasteiger partial charge on any atom is -0.490 e. The number of fused-ring (bicyclic) bond motifs is 2. The van der Waals surface area contributed by atoms with Crippen molar-refractivity contribution in [1.82, 2.24) is 0 Å². The molecule has 0 saturated heterocycles. The molecule has 0 atom stereocenters. The van der Waals surface area contributed by atoms with Crippen LogP contribution in [-0.2, 0) is 11.3 Å². The van der Waals surface area contributed by atoms with Gasteiger partial charge in [-0.25, -0.2) is 4.79 Å². The third-order valence-corrected chi connectivity index (χ3v) is 15.5. The lowest BCUT2D eigenvalue weighted by molar-refractivity contribution is -0.461. The van der Waals surface area contributed by atoms with Crippen LogP contribution in [0.5, 0.6) is 17.2 Å². The summed E-state index contributed by atoms with van der Waals surface area (Å²) in [6.45, 7) is -8.92. The molecule has 5 nitrogen and oxygen atoms in total. The molecule has 0 aliphatic heterocycles. The van der Waals surface area contributed by atoms with Crippen molar-refractivity contribution in [2.45, 2.75) is 188 Å². The van der Waals surface area contributed by atoms with E-state index >= 15 is 26.3 Å². The molecule has 0 amide bonds. The zero-order chi connectivity index (χ0) is 87.5. The van der Waals surface area contributed by atoms with E-state index in [0.717, 1.165) is 12.1 Å². The number of carbonyl (C=O) groups excluding carboxylic acids is 1. The predicted octanol–water partition coefficient (Wildman–Crippen LogP) is 23.9. The van der Waals surface area contributed by atoms with Gasteiger partial charge < -0.3 is 18.9 Å². The molecule has 0 spiro atoms. The molecule has 0 aromatic heterocycles. The normalized spacial score (nSPS) is 15.6. The van der Waals surface area contributed by atoms with Crippen LogP contribution >= 0.6 is 0 Å². The molecule has 638 valence electrons. The Morgan fingerprint density at radius 2 is 0.477 bits per heavy atom. The van der Waals surface area contributed by atoms with Crippen LogP contribution in [0.3, 0.4) is 0 Å². The Morgan fingerprint density at radius 1 is 0.261 bits per heavy atom. The third-order valence-electron chi connectivity index (χ3n) is 15.5. The van der Waals surface area contributed by atoms with Crippen molar-refractivity contribution >= 4 is 27.5 Å². The molecule has 0 unspecified atom stereocenters. The summed E-state index contributed by atoms with van der Waals surface area (Å²) in [7, 11) is 0. The van der Waals surface area contributed by atoms with Gasteiger partial charge in [0.15, 0.2) is 11.5 Å². The predicted molar refractivity (Wildman–Crippen MR) is 263 cm³/mol. The van der Waals surface area contributed by atoms with Gasteiger partial charge in [-0.2, -0.15) is 224 Å². The second-order valence-corrected chi connectivity index (χ2v) is 23.0. The number of alkyl halides is 51. The molecule has 0 N–H and O–H groups in total. The van der Waals surface area contributed by atoms with E-state index in [9.17, 15) is 202 Å². The molecule has 0 saturated carbocycles. The van der Waals surface area contributed by atoms with Gasteiger partial charge in [-0.15, -0.1) is 0 Å². The maximum Gasteiger partial charge on any atom is 0.460 e. The highest BCUT2D eigenvalue weighted by molar-refractivity contribution is 6.16. The van der Waals surface area contributed by atoms with Crippen molar-refractivity contribution in [3.8, 4) is 17.2 Å². The second-order valence-electron chi connectivity index (χ2n) is 23.0. The van der Waals surface area contributed by atoms with Crippen LogP contribution in [-0.4, -0.2) is 169 Å². The first kappa shape index (κ1) is 96.1. The van der Waals surface area contributed by atoms with E-state index in [2.05, 4.69) is 14.2 Å². The lowest BCUT2D eigenvalue weighted by Crippen LogP contribution is -2.74. The van der Waals surface area contributed by atoms with Gasteiger partial charge >= 0.3 is 149 Å². The summed E-state index contributed by atoms with van der Waals surface area (Å²) < 4.78 is 733. The molecule has 0 aliphatic carbocycles. The van der Waals surface area contributed by atoms with Crippen LogP contribution in [0.1, 0.15) is 54.4 Å². The fraction of sp³-hybridized carbons (Fsp3) is 0.618. The number of hydrogen-bond donors (Lipinski definition) is 0. The summed E-state index contributed by atoms with van der Waals surface area (Å²) in [5.41, 5.74) is -1.78. The molecular formula is C55H31F51O5. The zero-order valence-electron chi connectivity index (χ0n) is 51.7. The summed E-state index contributed by atoms with van der Waals surface area (Å²) in [5.74, 6) is -191. The van der Waals surface area contributed by atoms with Gasteiger partial charge in [-0.1, -0.05) is 48.5 Å². The monoisotopic (exact) mass is 1740 g/mol. The van der Waals surface area contributed by atoms with Gasteiger partial charge in [0.25, 0.3) is 0 Å². The van der Waals surface area contributed by atoms with Crippen molar-refractivity contribution in [3.05, 3.63) is 77.9 Å². The summed E-state index contributed by atoms with van der Waals surface area (Å²) in [6, 6.07) is 11.1. The van der Waals surface area contributed by atoms with Crippen LogP contribution in [0.4, 0.5) is 224 Å². The molecule has 56 heteroatoms. The van der Waals surface area contributed by atoms with Gasteiger partial charge in [0.1, 0.15) is 6.61 Å². The average molecular weight is 1740 g/mol. The van der Waals surface area contributed by atoms with Crippen LogP contribution in [0.25, 0.3) is 21.5 Å². The summed E-state index contributed by atoms with van der Waals surface area (Å²) >= 11 is 0. The van der Waals surface area contributed by atoms with Crippen molar-refractivity contribution < 1.29 is 248 Å². The standard InChI is InChI=1S/C55H31F51O5/c56-32(57,35(62,63)38(68,69)41(74,75)44(80,81)47(86,87)50(92,93)53(98,99)100)12-5-15-108-27-18-22(21-111-31(107)29-25-10-3-1-8-23(25)20-24-9-2-4-11-26(24)29)19-28(109-16-6-13-33(58,59)36(64,65)39(70,71)42(76,77)45(82,83)48(88,89)51(94,95)54(101,102)103)30(27)110-17-7-14-34(60,61)37(66,67)40(72,73)43(78,79)46(84,85)49(90,91)52(96,97)55(104,105)106/h1-4,8-11,18-20H,5-7,12-17,21H2. The Labute approximate surface area is 578 Å². The highest BCUT2D eigenvalue weighted by atomic mass is 19.5. The first-order chi connectivity index (χ1) is 48.8. The fourth-order valence-electron chi connectivity index (χ4n) is 9.01. The number of hydrogen-bond acceptors (Lipinski definition) is 5. The van der Waals surface area contributed by atoms with Crippen LogP contribution in [0.2, 0.25) is 0 Å². The Morgan fingerprint density at radius 3 is 0.721 bits per heavy atom. The van der Waals surface area contributed by atoms with Crippen molar-refractivity contribution in [1.29, 1.82) is 0 Å². The minimum atomic E-state index is -9.27. The Kier molecular flexibility index (Phi) is 25.0. The zero-order valence-corrected chi connectivity index (χ0v) is 51.7. The maximum absolute atomic E-state index is 15.0. The smallest absolute Gasteiger partial charge is 0.460 e. The highest BCUT2D eigenvalue weighted by Crippen LogP contribution is 2.69. The van der Waals surface area contributed by atoms with Crippen LogP contribution in [0.15, 0.2) is 66.7 Å². The first-order valence-electron chi connectivity index (χ1n) is 28.1. The van der Waals surface area contributed by atoms with E-state index in [1.165, 1.54) is 42.5 Å². The summed E-state index contributed by atoms with van der Waals surface area (Å²) in [4.78, 5) is 13.9. The maximum atomic E-state index is 15.0. The molecular weight excluding hydrogens is 1710 g/mol. The average Bonchev–Trinajstić information content (AvgIpc) is 0.704. The van der Waals surface area contributed by atoms with Crippen molar-refractivity contribution in [2.24, 2.45) is 0 Å². The first-order valence-corrected chi connectivity index (χ1v) is 28.1. The number of esters is 1. The minimum absolute atomic E-state index is 0.0817. The molecule has 4 aromatic rings. The second kappa shape index (κ2) is 28.9. The molecule has 0 radical (unpaired) electrons. The molecule has 0 heterocycles. The molecule has 4 aromatic carbocycles. The van der Waals surface area contributed by atoms with Crippen molar-refractivity contribution in [2.75, 3.05) is 19.8 Å². The number of carbonyl (C=O) groups is 1. The van der Waals surface area contributed by atoms with Crippen LogP contribution < -0.4 is 14.2 Å². The largest absolute Gasteiger partial charge is 0.490 e. The van der Waals surface area contributed by atoms with E-state index < -0.39 is 242 Å². The number of halogens is 51. The van der Waals surface area contributed by atoms with Crippen molar-refractivity contribution in [3.63, 3.8) is 0 Å². The van der Waals surface area contributed by atoms with Gasteiger partial charge in [0.05, 0.1) is 25.4 Å². The van der Waals surface area contributed by atoms with Gasteiger partial charge in [0, 0.05) is 19.3 Å². The van der Waals surface area contributed by atoms with Gasteiger partial charge in [-0.05, 0) is 64.6 Å². The van der Waals surface area contributed by atoms with E-state index in [0.29, 0.717) is 0 Å². The summed E-state index contributed by atoms with van der Waals surface area (Å²) in [5, 5.41) is -0.0276. The molecule has 0 bridgehead atoms. The van der Waals surface area contributed by atoms with E-state index in [-0.39, 0.29) is 33.7 Å². The quantitative estimate of drug-likeness (QED) is 0.0197. The number of ether oxygens (including phenoxy) is 4. The molecule has 0 fully saturated rings. The topological polar surface area (TPSA) is 54.0 Å². The van der Waals surface area contributed by atoms with Gasteiger partial charge in [-0.3, -0.25) is 0 Å². The SMILES string of the molecule is O=C(OCc1cc(OCCCC(F)(F)C(F)(F)C(F)(F)C(F)(F)C(F)(F)C(F)(F)C(F)(F)C(F)(F)F)c(OCCCC(F)(F)C(F)(F)C(F)(F)C(F)(F)C(F)(F)C(F)(F)C(F)(F)C(F)(F)F)c(OCCCC(F)(F)C(F)(F)C(F)(F)C(F)(F)C(F)(F)C(F)(F)C(F)(F)C(F)(F)F)c1)c1c2ccccc2cc2ccccc12. The molecule has 0 aliphatic rings. The lowest BCUT2D eigenvalue weighted by Gasteiger charge is -2.42. The lowest BCUT2D eigenvalue weighted by atomic mass is 9.88. The van der Waals surface area contributed by atoms with E-state index in [1.807, 2.05) is 0 Å². The van der Waals surface area contributed by atoms with Gasteiger partial charge in [0.2, 0.25) is 5.75 Å². The molecule has 4 rings (SSSR count).